The van der Waals surface area contributed by atoms with Gasteiger partial charge in [-0.05, 0) is 55.2 Å². The SMILES string of the molecule is C=CCc1c(C)nn2c(CC)ccc2c1-c1ccnc(Cl)c1. The van der Waals surface area contributed by atoms with Crippen LogP contribution in [0.5, 0.6) is 0 Å². The Bertz CT molecular complexity index is 849. The summed E-state index contributed by atoms with van der Waals surface area (Å²) in [6.45, 7) is 8.06. The maximum absolute atomic E-state index is 6.09. The third kappa shape index (κ3) is 2.42. The van der Waals surface area contributed by atoms with E-state index in [1.807, 2.05) is 29.6 Å². The van der Waals surface area contributed by atoms with E-state index in [1.54, 1.807) is 6.20 Å². The van der Waals surface area contributed by atoms with E-state index < -0.39 is 0 Å². The van der Waals surface area contributed by atoms with Crippen molar-refractivity contribution in [3.63, 3.8) is 0 Å². The van der Waals surface area contributed by atoms with Crippen molar-refractivity contribution in [2.24, 2.45) is 0 Å². The normalized spacial score (nSPS) is 11.0. The highest BCUT2D eigenvalue weighted by Crippen LogP contribution is 2.32. The first-order valence-corrected chi connectivity index (χ1v) is 7.76. The molecule has 3 aromatic rings. The molecule has 0 atom stereocenters. The fourth-order valence-corrected chi connectivity index (χ4v) is 3.04. The van der Waals surface area contributed by atoms with Crippen molar-refractivity contribution in [3.8, 4) is 11.1 Å². The molecule has 0 unspecified atom stereocenters. The summed E-state index contributed by atoms with van der Waals surface area (Å²) in [7, 11) is 0. The zero-order valence-corrected chi connectivity index (χ0v) is 13.6. The molecule has 0 aliphatic heterocycles. The molecule has 0 radical (unpaired) electrons. The second-order valence-corrected chi connectivity index (χ2v) is 5.66. The smallest absolute Gasteiger partial charge is 0.129 e. The summed E-state index contributed by atoms with van der Waals surface area (Å²) in [6.07, 6.45) is 5.37. The molecule has 3 heterocycles. The number of fused-ring (bicyclic) bond motifs is 1. The highest BCUT2D eigenvalue weighted by molar-refractivity contribution is 6.29. The third-order valence-electron chi connectivity index (χ3n) is 3.90. The molecule has 0 amide bonds. The average molecular weight is 312 g/mol. The molecule has 0 fully saturated rings. The van der Waals surface area contributed by atoms with Crippen LogP contribution in [0.1, 0.15) is 23.9 Å². The molecular weight excluding hydrogens is 294 g/mol. The predicted octanol–water partition coefficient (Wildman–Crippen LogP) is 4.65. The maximum Gasteiger partial charge on any atom is 0.129 e. The Morgan fingerprint density at radius 3 is 2.82 bits per heavy atom. The van der Waals surface area contributed by atoms with Crippen molar-refractivity contribution in [1.82, 2.24) is 14.6 Å². The molecule has 0 aromatic carbocycles. The quantitative estimate of drug-likeness (QED) is 0.518. The summed E-state index contributed by atoms with van der Waals surface area (Å²) in [6, 6.07) is 8.15. The number of nitrogens with zero attached hydrogens (tertiary/aromatic N) is 3. The van der Waals surface area contributed by atoms with Crippen LogP contribution < -0.4 is 0 Å². The average Bonchev–Trinajstić information content (AvgIpc) is 2.90. The minimum atomic E-state index is 0.497. The van der Waals surface area contributed by atoms with Crippen LogP contribution in [0.15, 0.2) is 43.1 Å². The molecule has 0 saturated heterocycles. The van der Waals surface area contributed by atoms with Gasteiger partial charge >= 0.3 is 0 Å². The van der Waals surface area contributed by atoms with Crippen LogP contribution in [0, 0.1) is 6.92 Å². The van der Waals surface area contributed by atoms with Gasteiger partial charge in [-0.1, -0.05) is 24.6 Å². The first-order chi connectivity index (χ1) is 10.7. The minimum absolute atomic E-state index is 0.497. The largest absolute Gasteiger partial charge is 0.245 e. The molecule has 22 heavy (non-hydrogen) atoms. The molecule has 0 N–H and O–H groups in total. The lowest BCUT2D eigenvalue weighted by atomic mass is 9.97. The van der Waals surface area contributed by atoms with Gasteiger partial charge < -0.3 is 0 Å². The lowest BCUT2D eigenvalue weighted by Gasteiger charge is -2.14. The van der Waals surface area contributed by atoms with Gasteiger partial charge in [0.25, 0.3) is 0 Å². The zero-order valence-electron chi connectivity index (χ0n) is 12.8. The third-order valence-corrected chi connectivity index (χ3v) is 4.11. The summed E-state index contributed by atoms with van der Waals surface area (Å²) in [4.78, 5) is 4.09. The summed E-state index contributed by atoms with van der Waals surface area (Å²) < 4.78 is 2.03. The van der Waals surface area contributed by atoms with Gasteiger partial charge in [0, 0.05) is 17.5 Å². The Hall–Kier alpha value is -2.13. The molecule has 0 aliphatic carbocycles. The highest BCUT2D eigenvalue weighted by atomic mass is 35.5. The van der Waals surface area contributed by atoms with E-state index in [9.17, 15) is 0 Å². The highest BCUT2D eigenvalue weighted by Gasteiger charge is 2.16. The molecule has 3 aromatic heterocycles. The zero-order chi connectivity index (χ0) is 15.7. The number of pyridine rings is 1. The van der Waals surface area contributed by atoms with Gasteiger partial charge in [-0.3, -0.25) is 0 Å². The lowest BCUT2D eigenvalue weighted by Crippen LogP contribution is -2.05. The second-order valence-electron chi connectivity index (χ2n) is 5.27. The molecule has 0 spiro atoms. The molecule has 4 heteroatoms. The summed E-state index contributed by atoms with van der Waals surface area (Å²) in [5.41, 5.74) is 6.72. The van der Waals surface area contributed by atoms with Crippen molar-refractivity contribution in [2.75, 3.05) is 0 Å². The van der Waals surface area contributed by atoms with E-state index in [1.165, 1.54) is 11.3 Å². The molecule has 0 bridgehead atoms. The Kier molecular flexibility index (Phi) is 3.99. The van der Waals surface area contributed by atoms with Crippen LogP contribution in [0.3, 0.4) is 0 Å². The van der Waals surface area contributed by atoms with Crippen molar-refractivity contribution in [3.05, 3.63) is 65.2 Å². The van der Waals surface area contributed by atoms with E-state index in [2.05, 4.69) is 30.6 Å². The first-order valence-electron chi connectivity index (χ1n) is 7.38. The van der Waals surface area contributed by atoms with Crippen LogP contribution in [0.4, 0.5) is 0 Å². The van der Waals surface area contributed by atoms with E-state index >= 15 is 0 Å². The Morgan fingerprint density at radius 2 is 2.14 bits per heavy atom. The number of aryl methyl sites for hydroxylation is 2. The van der Waals surface area contributed by atoms with Gasteiger partial charge in [-0.25, -0.2) is 9.50 Å². The van der Waals surface area contributed by atoms with Crippen LogP contribution in [-0.4, -0.2) is 14.6 Å². The Labute approximate surface area is 135 Å². The topological polar surface area (TPSA) is 30.2 Å². The van der Waals surface area contributed by atoms with Crippen molar-refractivity contribution >= 4 is 17.1 Å². The molecule has 0 aliphatic rings. The van der Waals surface area contributed by atoms with E-state index in [-0.39, 0.29) is 0 Å². The van der Waals surface area contributed by atoms with Crippen molar-refractivity contribution in [2.45, 2.75) is 26.7 Å². The van der Waals surface area contributed by atoms with E-state index in [4.69, 9.17) is 16.7 Å². The van der Waals surface area contributed by atoms with Gasteiger partial charge in [0.05, 0.1) is 11.2 Å². The van der Waals surface area contributed by atoms with E-state index in [0.29, 0.717) is 5.15 Å². The predicted molar refractivity (Wildman–Crippen MR) is 91.4 cm³/mol. The Morgan fingerprint density at radius 1 is 1.32 bits per heavy atom. The number of halogens is 1. The van der Waals surface area contributed by atoms with Crippen molar-refractivity contribution in [1.29, 1.82) is 0 Å². The molecule has 0 saturated carbocycles. The minimum Gasteiger partial charge on any atom is -0.245 e. The molecule has 3 rings (SSSR count). The van der Waals surface area contributed by atoms with Gasteiger partial charge in [-0.2, -0.15) is 5.10 Å². The number of aromatic nitrogens is 3. The Balaban J connectivity index is 2.40. The molecule has 112 valence electrons. The number of hydrogen-bond acceptors (Lipinski definition) is 2. The number of rotatable bonds is 4. The summed E-state index contributed by atoms with van der Waals surface area (Å²) >= 11 is 6.09. The van der Waals surface area contributed by atoms with Gasteiger partial charge in [-0.15, -0.1) is 6.58 Å². The van der Waals surface area contributed by atoms with E-state index in [0.717, 1.165) is 35.2 Å². The summed E-state index contributed by atoms with van der Waals surface area (Å²) in [5.74, 6) is 0. The lowest BCUT2D eigenvalue weighted by molar-refractivity contribution is 0.829. The molecule has 3 nitrogen and oxygen atoms in total. The van der Waals surface area contributed by atoms with Crippen molar-refractivity contribution < 1.29 is 0 Å². The number of hydrogen-bond donors (Lipinski definition) is 0. The summed E-state index contributed by atoms with van der Waals surface area (Å²) in [5, 5.41) is 5.25. The number of allylic oxidation sites excluding steroid dienone is 1. The monoisotopic (exact) mass is 311 g/mol. The first kappa shape index (κ1) is 14.8. The van der Waals surface area contributed by atoms with Crippen LogP contribution in [0.25, 0.3) is 16.6 Å². The van der Waals surface area contributed by atoms with Gasteiger partial charge in [0.15, 0.2) is 0 Å². The fourth-order valence-electron chi connectivity index (χ4n) is 2.87. The van der Waals surface area contributed by atoms with Crippen LogP contribution >= 0.6 is 11.6 Å². The second kappa shape index (κ2) is 5.93. The molecular formula is C18H18ClN3. The van der Waals surface area contributed by atoms with Gasteiger partial charge in [0.1, 0.15) is 5.15 Å². The van der Waals surface area contributed by atoms with Gasteiger partial charge in [0.2, 0.25) is 0 Å². The van der Waals surface area contributed by atoms with Crippen LogP contribution in [-0.2, 0) is 12.8 Å². The standard InChI is InChI=1S/C18H18ClN3/c1-4-6-15-12(3)21-22-14(5-2)7-8-16(22)18(15)13-9-10-20-17(19)11-13/h4,7-11H,1,5-6H2,2-3H3. The van der Waals surface area contributed by atoms with Crippen LogP contribution in [0.2, 0.25) is 5.15 Å². The fraction of sp³-hybridized carbons (Fsp3) is 0.222. The maximum atomic E-state index is 6.09.